The first-order valence-electron chi connectivity index (χ1n) is 8.28. The smallest absolute Gasteiger partial charge is 0.193 e. The Kier molecular flexibility index (Phi) is 7.74. The molecule has 0 radical (unpaired) electrons. The van der Waals surface area contributed by atoms with Gasteiger partial charge in [0, 0.05) is 52.6 Å². The van der Waals surface area contributed by atoms with E-state index >= 15 is 0 Å². The zero-order valence-electron chi connectivity index (χ0n) is 15.1. The van der Waals surface area contributed by atoms with Crippen LogP contribution in [0.5, 0.6) is 0 Å². The van der Waals surface area contributed by atoms with Crippen LogP contribution in [0.4, 0.5) is 5.13 Å². The highest BCUT2D eigenvalue weighted by Gasteiger charge is 2.25. The summed E-state index contributed by atoms with van der Waals surface area (Å²) < 4.78 is 10.7. The van der Waals surface area contributed by atoms with Crippen LogP contribution in [0.3, 0.4) is 0 Å². The third kappa shape index (κ3) is 5.61. The van der Waals surface area contributed by atoms with Crippen molar-refractivity contribution in [2.24, 2.45) is 10.9 Å². The minimum atomic E-state index is 0.556. The van der Waals surface area contributed by atoms with E-state index in [0.717, 1.165) is 42.9 Å². The Balaban J connectivity index is 1.75. The summed E-state index contributed by atoms with van der Waals surface area (Å²) in [5.74, 6) is 1.49. The van der Waals surface area contributed by atoms with E-state index in [1.165, 1.54) is 0 Å². The SMILES string of the molecule is CN=C(NCc1csc(N(C)C)n1)N1CCC(COCCOC)C1. The van der Waals surface area contributed by atoms with Crippen LogP contribution in [0.15, 0.2) is 10.4 Å². The number of anilines is 1. The maximum atomic E-state index is 5.65. The number of rotatable bonds is 8. The number of ether oxygens (including phenoxy) is 2. The van der Waals surface area contributed by atoms with Crippen LogP contribution >= 0.6 is 11.3 Å². The van der Waals surface area contributed by atoms with E-state index in [4.69, 9.17) is 9.47 Å². The van der Waals surface area contributed by atoms with E-state index in [9.17, 15) is 0 Å². The lowest BCUT2D eigenvalue weighted by atomic mass is 10.1. The van der Waals surface area contributed by atoms with Gasteiger partial charge in [-0.1, -0.05) is 0 Å². The number of aromatic nitrogens is 1. The lowest BCUT2D eigenvalue weighted by molar-refractivity contribution is 0.0536. The molecule has 1 N–H and O–H groups in total. The highest BCUT2D eigenvalue weighted by Crippen LogP contribution is 2.19. The summed E-state index contributed by atoms with van der Waals surface area (Å²) in [7, 11) is 7.54. The number of likely N-dealkylation sites (tertiary alicyclic amines) is 1. The number of thiazole rings is 1. The molecule has 2 rings (SSSR count). The molecule has 136 valence electrons. The zero-order chi connectivity index (χ0) is 17.4. The number of hydrogen-bond donors (Lipinski definition) is 1. The molecule has 2 heterocycles. The predicted molar refractivity (Wildman–Crippen MR) is 99.0 cm³/mol. The molecule has 0 bridgehead atoms. The number of hydrogen-bond acceptors (Lipinski definition) is 6. The lowest BCUT2D eigenvalue weighted by Crippen LogP contribution is -2.40. The van der Waals surface area contributed by atoms with Crippen LogP contribution in [0.2, 0.25) is 0 Å². The second-order valence-electron chi connectivity index (χ2n) is 6.09. The fraction of sp³-hybridized carbons (Fsp3) is 0.750. The standard InChI is InChI=1S/C16H29N5O2S/c1-17-15(18-9-14-12-24-16(19-14)20(2)3)21-6-5-13(10-21)11-23-8-7-22-4/h12-13H,5-11H2,1-4H3,(H,17,18). The minimum Gasteiger partial charge on any atom is -0.382 e. The largest absolute Gasteiger partial charge is 0.382 e. The summed E-state index contributed by atoms with van der Waals surface area (Å²) in [6.07, 6.45) is 1.13. The first kappa shape index (κ1) is 19.0. The molecule has 1 atom stereocenters. The summed E-state index contributed by atoms with van der Waals surface area (Å²) in [5, 5.41) is 6.53. The van der Waals surface area contributed by atoms with Crippen molar-refractivity contribution >= 4 is 22.4 Å². The van der Waals surface area contributed by atoms with Crippen LogP contribution in [0, 0.1) is 5.92 Å². The van der Waals surface area contributed by atoms with Gasteiger partial charge in [-0.2, -0.15) is 0 Å². The number of nitrogens with zero attached hydrogens (tertiary/aromatic N) is 4. The van der Waals surface area contributed by atoms with Crippen molar-refractivity contribution in [3.63, 3.8) is 0 Å². The summed E-state index contributed by atoms with van der Waals surface area (Å²) in [6.45, 7) is 4.79. The molecule has 0 aromatic carbocycles. The molecule has 0 amide bonds. The second kappa shape index (κ2) is 9.80. The van der Waals surface area contributed by atoms with Crippen molar-refractivity contribution in [1.29, 1.82) is 0 Å². The van der Waals surface area contributed by atoms with Crippen molar-refractivity contribution in [3.8, 4) is 0 Å². The lowest BCUT2D eigenvalue weighted by Gasteiger charge is -2.21. The number of methoxy groups -OCH3 is 1. The van der Waals surface area contributed by atoms with Gasteiger partial charge >= 0.3 is 0 Å². The van der Waals surface area contributed by atoms with Gasteiger partial charge in [-0.05, 0) is 6.42 Å². The summed E-state index contributed by atoms with van der Waals surface area (Å²) in [5.41, 5.74) is 1.04. The molecule has 1 saturated heterocycles. The number of nitrogens with one attached hydrogen (secondary N) is 1. The highest BCUT2D eigenvalue weighted by atomic mass is 32.1. The van der Waals surface area contributed by atoms with Crippen molar-refractivity contribution < 1.29 is 9.47 Å². The van der Waals surface area contributed by atoms with E-state index in [0.29, 0.717) is 25.7 Å². The summed E-state index contributed by atoms with van der Waals surface area (Å²) in [4.78, 5) is 13.3. The van der Waals surface area contributed by atoms with Gasteiger partial charge in [0.05, 0.1) is 32.1 Å². The topological polar surface area (TPSA) is 62.2 Å². The Morgan fingerprint density at radius 2 is 2.33 bits per heavy atom. The molecule has 1 unspecified atom stereocenters. The molecule has 1 aliphatic heterocycles. The van der Waals surface area contributed by atoms with Crippen molar-refractivity contribution in [2.75, 3.05) is 66.1 Å². The number of aliphatic imine (C=N–C) groups is 1. The predicted octanol–water partition coefficient (Wildman–Crippen LogP) is 1.27. The van der Waals surface area contributed by atoms with E-state index < -0.39 is 0 Å². The average Bonchev–Trinajstić information content (AvgIpc) is 3.22. The van der Waals surface area contributed by atoms with Crippen LogP contribution in [0.1, 0.15) is 12.1 Å². The van der Waals surface area contributed by atoms with Gasteiger partial charge in [0.25, 0.3) is 0 Å². The molecule has 0 aliphatic carbocycles. The Morgan fingerprint density at radius 3 is 3.00 bits per heavy atom. The average molecular weight is 356 g/mol. The van der Waals surface area contributed by atoms with E-state index in [2.05, 4.69) is 25.6 Å². The van der Waals surface area contributed by atoms with Gasteiger partial charge < -0.3 is 24.6 Å². The maximum Gasteiger partial charge on any atom is 0.193 e. The quantitative estimate of drug-likeness (QED) is 0.430. The zero-order valence-corrected chi connectivity index (χ0v) is 15.9. The van der Waals surface area contributed by atoms with E-state index in [-0.39, 0.29) is 0 Å². The first-order valence-corrected chi connectivity index (χ1v) is 9.16. The third-order valence-electron chi connectivity index (χ3n) is 3.93. The first-order chi connectivity index (χ1) is 11.6. The van der Waals surface area contributed by atoms with Crippen molar-refractivity contribution in [2.45, 2.75) is 13.0 Å². The van der Waals surface area contributed by atoms with Crippen LogP contribution in [0.25, 0.3) is 0 Å². The van der Waals surface area contributed by atoms with Crippen LogP contribution in [-0.2, 0) is 16.0 Å². The fourth-order valence-corrected chi connectivity index (χ4v) is 3.40. The van der Waals surface area contributed by atoms with Gasteiger partial charge in [-0.25, -0.2) is 4.98 Å². The second-order valence-corrected chi connectivity index (χ2v) is 6.92. The Bertz CT molecular complexity index is 520. The van der Waals surface area contributed by atoms with Gasteiger partial charge in [0.1, 0.15) is 0 Å². The maximum absolute atomic E-state index is 5.65. The molecule has 7 nitrogen and oxygen atoms in total. The third-order valence-corrected chi connectivity index (χ3v) is 4.99. The van der Waals surface area contributed by atoms with Gasteiger partial charge in [-0.3, -0.25) is 4.99 Å². The molecule has 1 aromatic heterocycles. The monoisotopic (exact) mass is 355 g/mol. The van der Waals surface area contributed by atoms with Crippen molar-refractivity contribution in [1.82, 2.24) is 15.2 Å². The molecule has 0 spiro atoms. The van der Waals surface area contributed by atoms with Gasteiger partial charge in [-0.15, -0.1) is 11.3 Å². The van der Waals surface area contributed by atoms with Crippen molar-refractivity contribution in [3.05, 3.63) is 11.1 Å². The molecule has 8 heteroatoms. The molecule has 24 heavy (non-hydrogen) atoms. The fourth-order valence-electron chi connectivity index (χ4n) is 2.64. The van der Waals surface area contributed by atoms with Gasteiger partial charge in [0.2, 0.25) is 0 Å². The molecule has 1 aromatic rings. The van der Waals surface area contributed by atoms with E-state index in [1.807, 2.05) is 26.0 Å². The minimum absolute atomic E-state index is 0.556. The summed E-state index contributed by atoms with van der Waals surface area (Å²) in [6, 6.07) is 0. The van der Waals surface area contributed by atoms with Gasteiger partial charge in [0.15, 0.2) is 11.1 Å². The Hall–Kier alpha value is -1.38. The Morgan fingerprint density at radius 1 is 1.50 bits per heavy atom. The normalized spacial score (nSPS) is 18.2. The van der Waals surface area contributed by atoms with Crippen LogP contribution < -0.4 is 10.2 Å². The number of guanidine groups is 1. The van der Waals surface area contributed by atoms with E-state index in [1.54, 1.807) is 18.4 Å². The molecular formula is C16H29N5O2S. The highest BCUT2D eigenvalue weighted by molar-refractivity contribution is 7.13. The Labute approximate surface area is 148 Å². The van der Waals surface area contributed by atoms with Crippen LogP contribution in [-0.4, -0.2) is 77.0 Å². The summed E-state index contributed by atoms with van der Waals surface area (Å²) >= 11 is 1.66. The molecular weight excluding hydrogens is 326 g/mol. The molecule has 1 fully saturated rings. The molecule has 1 aliphatic rings. The molecule has 0 saturated carbocycles.